The highest BCUT2D eigenvalue weighted by molar-refractivity contribution is 9.12. The number of rotatable bonds is 9. The van der Waals surface area contributed by atoms with Crippen LogP contribution in [-0.4, -0.2) is 56.9 Å². The largest absolute Gasteiger partial charge is 0.502 e. The summed E-state index contributed by atoms with van der Waals surface area (Å²) < 4.78 is 21.6. The number of carbonyl (C=O) groups excluding carboxylic acids is 4. The fraction of sp³-hybridized carbons (Fsp3) is 0.238. The van der Waals surface area contributed by atoms with Gasteiger partial charge in [-0.3, -0.25) is 24.1 Å². The number of ketones is 2. The van der Waals surface area contributed by atoms with Gasteiger partial charge in [0.1, 0.15) is 11.5 Å². The van der Waals surface area contributed by atoms with E-state index in [4.69, 9.17) is 18.9 Å². The Balaban J connectivity index is 1.20. The lowest BCUT2D eigenvalue weighted by Gasteiger charge is -2.41. The number of amides is 2. The van der Waals surface area contributed by atoms with Crippen molar-refractivity contribution in [3.8, 4) is 28.7 Å². The molecule has 1 N–H and O–H groups in total. The van der Waals surface area contributed by atoms with E-state index >= 15 is 0 Å². The standard InChI is InChI=1S/C42H36BrNO9/c1-50-26-12-16-34(51-2)24(19-26)9-5-22-6-10-25(11-7-22)44-41(48)29-15-14-27-28(13-8-23-17-35(52-3)40(47)36(18-23)53-4)37-31(20-30(27)38(29)42(44)49)39(46)32(43)21-33(37)45/h5-14,16-19,21,28-30,38,47H,15,20H2,1-4H3/t28-,29-,30+,38-/m0/s1. The smallest absolute Gasteiger partial charge is 0.238 e. The number of hydrogen-bond acceptors (Lipinski definition) is 9. The van der Waals surface area contributed by atoms with Crippen LogP contribution in [0.3, 0.4) is 0 Å². The lowest BCUT2D eigenvalue weighted by atomic mass is 9.61. The first-order chi connectivity index (χ1) is 25.6. The first kappa shape index (κ1) is 35.7. The highest BCUT2D eigenvalue weighted by atomic mass is 79.9. The predicted molar refractivity (Wildman–Crippen MR) is 203 cm³/mol. The maximum Gasteiger partial charge on any atom is 0.238 e. The van der Waals surface area contributed by atoms with E-state index in [-0.39, 0.29) is 51.5 Å². The van der Waals surface area contributed by atoms with E-state index in [1.54, 1.807) is 44.6 Å². The van der Waals surface area contributed by atoms with Crippen molar-refractivity contribution in [1.82, 2.24) is 0 Å². The van der Waals surface area contributed by atoms with Crippen molar-refractivity contribution >= 4 is 63.2 Å². The summed E-state index contributed by atoms with van der Waals surface area (Å²) in [5, 5.41) is 10.4. The second-order valence-corrected chi connectivity index (χ2v) is 14.0. The third kappa shape index (κ3) is 6.28. The Bertz CT molecular complexity index is 2190. The Morgan fingerprint density at radius 2 is 1.47 bits per heavy atom. The molecule has 7 rings (SSSR count). The van der Waals surface area contributed by atoms with Crippen molar-refractivity contribution in [2.75, 3.05) is 33.3 Å². The van der Waals surface area contributed by atoms with Gasteiger partial charge in [-0.05, 0) is 88.3 Å². The van der Waals surface area contributed by atoms with Crippen LogP contribution in [0.5, 0.6) is 28.7 Å². The van der Waals surface area contributed by atoms with Crippen LogP contribution in [0, 0.1) is 23.7 Å². The monoisotopic (exact) mass is 777 g/mol. The second kappa shape index (κ2) is 14.4. The zero-order valence-electron chi connectivity index (χ0n) is 29.4. The number of methoxy groups -OCH3 is 4. The number of halogens is 1. The molecular weight excluding hydrogens is 742 g/mol. The van der Waals surface area contributed by atoms with E-state index in [0.717, 1.165) is 16.7 Å². The maximum absolute atomic E-state index is 14.3. The summed E-state index contributed by atoms with van der Waals surface area (Å²) in [6.07, 6.45) is 11.1. The van der Waals surface area contributed by atoms with Gasteiger partial charge in [0.25, 0.3) is 0 Å². The number of anilines is 1. The minimum atomic E-state index is -0.714. The van der Waals surface area contributed by atoms with Gasteiger partial charge in [-0.2, -0.15) is 0 Å². The van der Waals surface area contributed by atoms with Crippen molar-refractivity contribution in [2.24, 2.45) is 23.7 Å². The van der Waals surface area contributed by atoms with Gasteiger partial charge < -0.3 is 24.1 Å². The summed E-state index contributed by atoms with van der Waals surface area (Å²) in [5.74, 6) is -2.01. The molecule has 11 heteroatoms. The molecule has 0 bridgehead atoms. The van der Waals surface area contributed by atoms with Crippen LogP contribution in [0.4, 0.5) is 5.69 Å². The molecule has 0 radical (unpaired) electrons. The number of benzene rings is 3. The van der Waals surface area contributed by atoms with E-state index < -0.39 is 23.7 Å². The van der Waals surface area contributed by atoms with Crippen molar-refractivity contribution in [2.45, 2.75) is 12.8 Å². The highest BCUT2D eigenvalue weighted by Gasteiger charge is 2.56. The topological polar surface area (TPSA) is 129 Å². The van der Waals surface area contributed by atoms with Crippen LogP contribution >= 0.6 is 15.9 Å². The van der Waals surface area contributed by atoms with E-state index in [2.05, 4.69) is 15.9 Å². The molecule has 0 saturated carbocycles. The minimum absolute atomic E-state index is 0.145. The van der Waals surface area contributed by atoms with Crippen LogP contribution in [-0.2, 0) is 19.2 Å². The van der Waals surface area contributed by atoms with Crippen molar-refractivity contribution in [3.05, 3.63) is 111 Å². The number of hydrogen-bond donors (Lipinski definition) is 1. The van der Waals surface area contributed by atoms with Gasteiger partial charge in [0.2, 0.25) is 17.6 Å². The molecule has 4 atom stereocenters. The summed E-state index contributed by atoms with van der Waals surface area (Å²) in [6.45, 7) is 0. The summed E-state index contributed by atoms with van der Waals surface area (Å²) in [4.78, 5) is 56.7. The molecule has 2 amide bonds. The average Bonchev–Trinajstić information content (AvgIpc) is 3.43. The number of nitrogens with zero attached hydrogens (tertiary/aromatic N) is 1. The molecule has 3 aromatic carbocycles. The van der Waals surface area contributed by atoms with E-state index in [1.165, 1.54) is 25.2 Å². The number of allylic oxidation sites excluding steroid dienone is 7. The van der Waals surface area contributed by atoms with Crippen LogP contribution in [0.2, 0.25) is 0 Å². The van der Waals surface area contributed by atoms with Crippen LogP contribution in [0.25, 0.3) is 18.2 Å². The minimum Gasteiger partial charge on any atom is -0.502 e. The zero-order valence-corrected chi connectivity index (χ0v) is 31.0. The Morgan fingerprint density at radius 1 is 0.774 bits per heavy atom. The lowest BCUT2D eigenvalue weighted by Crippen LogP contribution is -2.40. The van der Waals surface area contributed by atoms with Crippen molar-refractivity contribution in [3.63, 3.8) is 0 Å². The molecule has 270 valence electrons. The van der Waals surface area contributed by atoms with Gasteiger partial charge in [-0.25, -0.2) is 0 Å². The van der Waals surface area contributed by atoms with Gasteiger partial charge in [0, 0.05) is 28.7 Å². The van der Waals surface area contributed by atoms with Gasteiger partial charge in [-0.1, -0.05) is 48.1 Å². The van der Waals surface area contributed by atoms with Gasteiger partial charge >= 0.3 is 0 Å². The molecule has 3 aromatic rings. The van der Waals surface area contributed by atoms with Crippen molar-refractivity contribution < 1.29 is 43.2 Å². The third-order valence-corrected chi connectivity index (χ3v) is 11.0. The molecule has 1 saturated heterocycles. The van der Waals surface area contributed by atoms with E-state index in [0.29, 0.717) is 40.3 Å². The predicted octanol–water partition coefficient (Wildman–Crippen LogP) is 7.11. The third-order valence-electron chi connectivity index (χ3n) is 10.4. The number of carbonyl (C=O) groups is 4. The summed E-state index contributed by atoms with van der Waals surface area (Å²) >= 11 is 3.27. The number of imide groups is 1. The van der Waals surface area contributed by atoms with Gasteiger partial charge in [0.15, 0.2) is 23.1 Å². The molecule has 0 aromatic heterocycles. The molecule has 1 heterocycles. The Labute approximate surface area is 314 Å². The van der Waals surface area contributed by atoms with Crippen molar-refractivity contribution in [1.29, 1.82) is 0 Å². The number of fused-ring (bicyclic) bond motifs is 3. The second-order valence-electron chi connectivity index (χ2n) is 13.1. The van der Waals surface area contributed by atoms with Crippen LogP contribution < -0.4 is 23.8 Å². The number of ether oxygens (including phenoxy) is 4. The number of aromatic hydroxyl groups is 1. The van der Waals surface area contributed by atoms with Gasteiger partial charge in [0.05, 0.1) is 50.4 Å². The molecule has 0 spiro atoms. The Morgan fingerprint density at radius 3 is 2.13 bits per heavy atom. The Kier molecular flexibility index (Phi) is 9.69. The van der Waals surface area contributed by atoms with Gasteiger partial charge in [-0.15, -0.1) is 0 Å². The summed E-state index contributed by atoms with van der Waals surface area (Å²) in [7, 11) is 6.06. The average molecular weight is 779 g/mol. The molecule has 3 aliphatic carbocycles. The molecule has 4 aliphatic rings. The summed E-state index contributed by atoms with van der Waals surface area (Å²) in [6, 6.07) is 16.0. The molecule has 10 nitrogen and oxygen atoms in total. The first-order valence-electron chi connectivity index (χ1n) is 17.0. The molecule has 1 aliphatic heterocycles. The van der Waals surface area contributed by atoms with Crippen LogP contribution in [0.1, 0.15) is 29.5 Å². The number of Topliss-reactive ketones (excluding diaryl/α,β-unsaturated/α-hetero) is 1. The van der Waals surface area contributed by atoms with E-state index in [1.807, 2.05) is 54.6 Å². The quantitative estimate of drug-likeness (QED) is 0.105. The zero-order chi connectivity index (χ0) is 37.6. The van der Waals surface area contributed by atoms with E-state index in [9.17, 15) is 24.3 Å². The number of phenolic OH excluding ortho intramolecular Hbond substituents is 1. The fourth-order valence-electron chi connectivity index (χ4n) is 7.85. The lowest BCUT2D eigenvalue weighted by molar-refractivity contribution is -0.123. The van der Waals surface area contributed by atoms with Crippen LogP contribution in [0.15, 0.2) is 94.0 Å². The normalized spacial score (nSPS) is 22.5. The molecule has 1 fully saturated rings. The number of phenols is 1. The molecular formula is C42H36BrNO9. The fourth-order valence-corrected chi connectivity index (χ4v) is 8.29. The molecule has 53 heavy (non-hydrogen) atoms. The highest BCUT2D eigenvalue weighted by Crippen LogP contribution is 2.53. The molecule has 0 unspecified atom stereocenters. The first-order valence-corrected chi connectivity index (χ1v) is 17.8. The summed E-state index contributed by atoms with van der Waals surface area (Å²) in [5.41, 5.74) is 4.29. The Hall–Kier alpha value is -5.68. The SMILES string of the molecule is COc1ccc(OC)c(C=Cc2ccc(N3C(=O)[C@H]4[C@H](CC=C5[C@H](C=Cc6cc(OC)c(O)c(OC)c6)C6=C(C[C@H]54)C(=O)C(Br)=CC6=O)C3=O)cc2)c1. The maximum atomic E-state index is 14.3.